The van der Waals surface area contributed by atoms with Gasteiger partial charge < -0.3 is 20.7 Å². The number of ether oxygens (including phenoxy) is 1. The minimum absolute atomic E-state index is 0.212. The highest BCUT2D eigenvalue weighted by Gasteiger charge is 2.33. The number of carbonyl (C=O) groups excluding carboxylic acids is 4. The second-order valence-corrected chi connectivity index (χ2v) is 11.7. The first-order chi connectivity index (χ1) is 19.7. The lowest BCUT2D eigenvalue weighted by Crippen LogP contribution is -2.54. The van der Waals surface area contributed by atoms with Gasteiger partial charge in [-0.3, -0.25) is 19.7 Å². The Bertz CT molecular complexity index is 1300. The SMILES string of the molecule is CSc1ccc(C(=O)N[C@H]2CCCC[C@H]2NC(=O)CNC(=O)c2cc(C(F)(F)F)ccc2NC(=O)OC(C)(C)C)cc1. The van der Waals surface area contributed by atoms with E-state index in [1.54, 1.807) is 44.7 Å². The van der Waals surface area contributed by atoms with E-state index < -0.39 is 53.4 Å². The van der Waals surface area contributed by atoms with E-state index in [4.69, 9.17) is 4.74 Å². The van der Waals surface area contributed by atoms with Crippen molar-refractivity contribution in [3.63, 3.8) is 0 Å². The summed E-state index contributed by atoms with van der Waals surface area (Å²) in [7, 11) is 0. The first kappa shape index (κ1) is 32.8. The van der Waals surface area contributed by atoms with Crippen molar-refractivity contribution >= 4 is 41.3 Å². The second kappa shape index (κ2) is 14.0. The summed E-state index contributed by atoms with van der Waals surface area (Å²) < 4.78 is 45.2. The van der Waals surface area contributed by atoms with Crippen LogP contribution < -0.4 is 21.3 Å². The Morgan fingerprint density at radius 3 is 2.10 bits per heavy atom. The van der Waals surface area contributed by atoms with Crippen molar-refractivity contribution in [2.24, 2.45) is 0 Å². The Morgan fingerprint density at radius 2 is 1.52 bits per heavy atom. The smallest absolute Gasteiger partial charge is 0.416 e. The van der Waals surface area contributed by atoms with Crippen LogP contribution in [0.4, 0.5) is 23.7 Å². The van der Waals surface area contributed by atoms with Crippen molar-refractivity contribution in [3.8, 4) is 0 Å². The van der Waals surface area contributed by atoms with Gasteiger partial charge in [-0.1, -0.05) is 12.8 Å². The van der Waals surface area contributed by atoms with Gasteiger partial charge in [-0.05, 0) is 82.3 Å². The third-order valence-electron chi connectivity index (χ3n) is 6.42. The van der Waals surface area contributed by atoms with Crippen molar-refractivity contribution in [3.05, 3.63) is 59.2 Å². The third kappa shape index (κ3) is 9.68. The average Bonchev–Trinajstić information content (AvgIpc) is 2.91. The van der Waals surface area contributed by atoms with Crippen LogP contribution in [0.5, 0.6) is 0 Å². The molecule has 2 aromatic rings. The fraction of sp³-hybridized carbons (Fsp3) is 0.448. The molecule has 1 fully saturated rings. The molecule has 0 radical (unpaired) electrons. The Morgan fingerprint density at radius 1 is 0.905 bits per heavy atom. The zero-order valence-electron chi connectivity index (χ0n) is 23.8. The van der Waals surface area contributed by atoms with Crippen LogP contribution in [0.2, 0.25) is 0 Å². The van der Waals surface area contributed by atoms with Gasteiger partial charge in [-0.15, -0.1) is 11.8 Å². The number of rotatable bonds is 8. The molecular weight excluding hydrogens is 573 g/mol. The maximum Gasteiger partial charge on any atom is 0.416 e. The molecule has 0 aliphatic heterocycles. The average molecular weight is 609 g/mol. The topological polar surface area (TPSA) is 126 Å². The third-order valence-corrected chi connectivity index (χ3v) is 7.16. The van der Waals surface area contributed by atoms with E-state index in [1.807, 2.05) is 18.4 Å². The summed E-state index contributed by atoms with van der Waals surface area (Å²) in [5.74, 6) is -1.84. The molecular formula is C29H35F3N4O5S. The van der Waals surface area contributed by atoms with Gasteiger partial charge in [0, 0.05) is 22.5 Å². The van der Waals surface area contributed by atoms with Crippen molar-refractivity contribution < 1.29 is 37.1 Å². The summed E-state index contributed by atoms with van der Waals surface area (Å²) in [6.45, 7) is 4.29. The van der Waals surface area contributed by atoms with Crippen LogP contribution in [0.25, 0.3) is 0 Å². The van der Waals surface area contributed by atoms with Gasteiger partial charge in [-0.2, -0.15) is 13.2 Å². The summed E-state index contributed by atoms with van der Waals surface area (Å²) in [5.41, 5.74) is -2.19. The molecule has 1 aliphatic carbocycles. The van der Waals surface area contributed by atoms with Gasteiger partial charge in [0.05, 0.1) is 23.4 Å². The van der Waals surface area contributed by atoms with E-state index in [-0.39, 0.29) is 17.6 Å². The molecule has 228 valence electrons. The Balaban J connectivity index is 1.65. The molecule has 0 unspecified atom stereocenters. The zero-order valence-corrected chi connectivity index (χ0v) is 24.6. The highest BCUT2D eigenvalue weighted by Crippen LogP contribution is 2.32. The van der Waals surface area contributed by atoms with Crippen LogP contribution in [0.3, 0.4) is 0 Å². The summed E-state index contributed by atoms with van der Waals surface area (Å²) in [6, 6.07) is 8.70. The predicted molar refractivity (Wildman–Crippen MR) is 154 cm³/mol. The quantitative estimate of drug-likeness (QED) is 0.299. The summed E-state index contributed by atoms with van der Waals surface area (Å²) in [6.07, 6.45) is -0.817. The lowest BCUT2D eigenvalue weighted by molar-refractivity contribution is -0.137. The molecule has 2 atom stereocenters. The Hall–Kier alpha value is -3.74. The minimum Gasteiger partial charge on any atom is -0.444 e. The molecule has 0 saturated heterocycles. The van der Waals surface area contributed by atoms with Crippen LogP contribution in [-0.2, 0) is 15.7 Å². The molecule has 3 rings (SSSR count). The predicted octanol–water partition coefficient (Wildman–Crippen LogP) is 5.36. The Labute approximate surface area is 246 Å². The largest absolute Gasteiger partial charge is 0.444 e. The maximum absolute atomic E-state index is 13.4. The summed E-state index contributed by atoms with van der Waals surface area (Å²) in [4.78, 5) is 51.7. The highest BCUT2D eigenvalue weighted by atomic mass is 32.2. The monoisotopic (exact) mass is 608 g/mol. The molecule has 42 heavy (non-hydrogen) atoms. The molecule has 2 aromatic carbocycles. The van der Waals surface area contributed by atoms with E-state index in [0.29, 0.717) is 24.5 Å². The van der Waals surface area contributed by atoms with E-state index in [1.165, 1.54) is 0 Å². The van der Waals surface area contributed by atoms with E-state index in [9.17, 15) is 32.3 Å². The molecule has 4 N–H and O–H groups in total. The number of anilines is 1. The molecule has 1 aliphatic rings. The normalized spacial score (nSPS) is 17.1. The molecule has 0 spiro atoms. The van der Waals surface area contributed by atoms with Crippen LogP contribution >= 0.6 is 11.8 Å². The standard InChI is InChI=1S/C29H35F3N4O5S/c1-28(2,3)41-27(40)36-21-14-11-18(29(30,31)32)15-20(21)26(39)33-16-24(37)34-22-7-5-6-8-23(22)35-25(38)17-9-12-19(42-4)13-10-17/h9-15,22-23H,5-8,16H2,1-4H3,(H,33,39)(H,34,37)(H,35,38)(H,36,40)/t22-,23+/m1/s1. The van der Waals surface area contributed by atoms with Crippen LogP contribution in [-0.4, -0.2) is 54.3 Å². The summed E-state index contributed by atoms with van der Waals surface area (Å²) >= 11 is 1.56. The van der Waals surface area contributed by atoms with E-state index >= 15 is 0 Å². The number of nitrogens with one attached hydrogen (secondary N) is 4. The fourth-order valence-electron chi connectivity index (χ4n) is 4.42. The van der Waals surface area contributed by atoms with E-state index in [0.717, 1.165) is 29.9 Å². The number of halogens is 3. The molecule has 13 heteroatoms. The van der Waals surface area contributed by atoms with Gasteiger partial charge in [-0.25, -0.2) is 4.79 Å². The van der Waals surface area contributed by atoms with Crippen molar-refractivity contribution in [2.75, 3.05) is 18.1 Å². The van der Waals surface area contributed by atoms with Crippen molar-refractivity contribution in [2.45, 2.75) is 75.2 Å². The molecule has 0 aromatic heterocycles. The van der Waals surface area contributed by atoms with Crippen molar-refractivity contribution in [1.82, 2.24) is 16.0 Å². The van der Waals surface area contributed by atoms with Gasteiger partial charge in [0.1, 0.15) is 5.60 Å². The number of thioether (sulfide) groups is 1. The fourth-order valence-corrected chi connectivity index (χ4v) is 4.82. The summed E-state index contributed by atoms with van der Waals surface area (Å²) in [5, 5.41) is 10.4. The maximum atomic E-state index is 13.4. The van der Waals surface area contributed by atoms with Gasteiger partial charge in [0.25, 0.3) is 11.8 Å². The second-order valence-electron chi connectivity index (χ2n) is 10.8. The number of amides is 4. The van der Waals surface area contributed by atoms with E-state index in [2.05, 4.69) is 21.3 Å². The highest BCUT2D eigenvalue weighted by molar-refractivity contribution is 7.98. The molecule has 0 heterocycles. The van der Waals surface area contributed by atoms with Gasteiger partial charge in [0.2, 0.25) is 5.91 Å². The molecule has 1 saturated carbocycles. The van der Waals surface area contributed by atoms with Crippen LogP contribution in [0, 0.1) is 0 Å². The number of benzene rings is 2. The first-order valence-corrected chi connectivity index (χ1v) is 14.6. The number of carbonyl (C=O) groups is 4. The van der Waals surface area contributed by atoms with Gasteiger partial charge in [0.15, 0.2) is 0 Å². The number of alkyl halides is 3. The number of hydrogen-bond acceptors (Lipinski definition) is 6. The first-order valence-electron chi connectivity index (χ1n) is 13.4. The Kier molecular flexibility index (Phi) is 10.9. The van der Waals surface area contributed by atoms with Crippen LogP contribution in [0.15, 0.2) is 47.4 Å². The molecule has 0 bridgehead atoms. The van der Waals surface area contributed by atoms with Gasteiger partial charge >= 0.3 is 12.3 Å². The lowest BCUT2D eigenvalue weighted by atomic mass is 9.90. The molecule has 9 nitrogen and oxygen atoms in total. The van der Waals surface area contributed by atoms with Crippen LogP contribution in [0.1, 0.15) is 72.7 Å². The molecule has 4 amide bonds. The lowest BCUT2D eigenvalue weighted by Gasteiger charge is -2.33. The van der Waals surface area contributed by atoms with Crippen molar-refractivity contribution in [1.29, 1.82) is 0 Å². The minimum atomic E-state index is -4.74. The zero-order chi connectivity index (χ0) is 31.1. The number of hydrogen-bond donors (Lipinski definition) is 4.